The molecule has 0 radical (unpaired) electrons. The molecule has 0 spiro atoms. The molecule has 1 N–H and O–H groups in total. The van der Waals surface area contributed by atoms with Crippen LogP contribution in [0.4, 0.5) is 0 Å². The van der Waals surface area contributed by atoms with E-state index < -0.39 is 0 Å². The summed E-state index contributed by atoms with van der Waals surface area (Å²) in [7, 11) is 0. The van der Waals surface area contributed by atoms with E-state index in [0.717, 1.165) is 11.3 Å². The molecule has 154 valence electrons. The van der Waals surface area contributed by atoms with Gasteiger partial charge in [0.25, 0.3) is 11.8 Å². The van der Waals surface area contributed by atoms with E-state index in [9.17, 15) is 9.59 Å². The van der Waals surface area contributed by atoms with E-state index in [-0.39, 0.29) is 24.4 Å². The summed E-state index contributed by atoms with van der Waals surface area (Å²) in [4.78, 5) is 40.3. The van der Waals surface area contributed by atoms with Crippen LogP contribution in [0.25, 0.3) is 0 Å². The molecule has 0 saturated carbocycles. The molecule has 0 aliphatic carbocycles. The quantitative estimate of drug-likeness (QED) is 0.721. The van der Waals surface area contributed by atoms with Crippen LogP contribution in [0.15, 0.2) is 42.9 Å². The molecular formula is C22H24N6O2. The maximum absolute atomic E-state index is 13.0. The number of nitrogens with zero attached hydrogens (tertiary/aromatic N) is 5. The van der Waals surface area contributed by atoms with Crippen LogP contribution >= 0.6 is 0 Å². The highest BCUT2D eigenvalue weighted by atomic mass is 16.2. The Balaban J connectivity index is 1.47. The van der Waals surface area contributed by atoms with E-state index >= 15 is 0 Å². The van der Waals surface area contributed by atoms with Crippen LogP contribution in [0.3, 0.4) is 0 Å². The molecule has 3 heterocycles. The van der Waals surface area contributed by atoms with Crippen LogP contribution in [-0.4, -0.2) is 42.8 Å². The van der Waals surface area contributed by atoms with Crippen LogP contribution in [-0.2, 0) is 13.1 Å². The molecule has 2 amide bonds. The Kier molecular flexibility index (Phi) is 5.31. The summed E-state index contributed by atoms with van der Waals surface area (Å²) in [6, 6.07) is 7.35. The highest BCUT2D eigenvalue weighted by molar-refractivity contribution is 5.95. The van der Waals surface area contributed by atoms with Gasteiger partial charge in [0.2, 0.25) is 0 Å². The Morgan fingerprint density at radius 1 is 1.17 bits per heavy atom. The molecule has 0 fully saturated rings. The number of nitrogens with one attached hydrogen (secondary N) is 1. The average molecular weight is 404 g/mol. The van der Waals surface area contributed by atoms with Gasteiger partial charge in [-0.15, -0.1) is 0 Å². The predicted molar refractivity (Wildman–Crippen MR) is 111 cm³/mol. The fraction of sp³-hybridized carbons (Fsp3) is 0.318. The monoisotopic (exact) mass is 404 g/mol. The van der Waals surface area contributed by atoms with Gasteiger partial charge in [0, 0.05) is 31.0 Å². The van der Waals surface area contributed by atoms with Gasteiger partial charge in [-0.25, -0.2) is 4.98 Å². The van der Waals surface area contributed by atoms with Crippen LogP contribution in [0.5, 0.6) is 0 Å². The number of carbonyl (C=O) groups excluding carboxylic acids is 2. The molecular weight excluding hydrogens is 380 g/mol. The molecule has 2 aromatic heterocycles. The number of hydrogen-bond acceptors (Lipinski definition) is 5. The van der Waals surface area contributed by atoms with Gasteiger partial charge in [0.15, 0.2) is 0 Å². The van der Waals surface area contributed by atoms with Gasteiger partial charge < -0.3 is 14.8 Å². The normalized spacial score (nSPS) is 15.6. The van der Waals surface area contributed by atoms with Gasteiger partial charge >= 0.3 is 0 Å². The van der Waals surface area contributed by atoms with Crippen molar-refractivity contribution >= 4 is 11.8 Å². The summed E-state index contributed by atoms with van der Waals surface area (Å²) in [5.74, 6) is 0.412. The van der Waals surface area contributed by atoms with Crippen molar-refractivity contribution in [2.45, 2.75) is 39.9 Å². The highest BCUT2D eigenvalue weighted by Crippen LogP contribution is 2.26. The third-order valence-corrected chi connectivity index (χ3v) is 5.25. The molecule has 0 bridgehead atoms. The number of aryl methyl sites for hydroxylation is 2. The third kappa shape index (κ3) is 3.94. The van der Waals surface area contributed by atoms with E-state index in [0.29, 0.717) is 35.9 Å². The SMILES string of the molecule is Cc1cccc(C(=O)N2CCn3cc(C(=O)NCc4cnc(C)cn4)nc3[C@@H]2C)c1. The van der Waals surface area contributed by atoms with Crippen molar-refractivity contribution in [1.82, 2.24) is 29.7 Å². The zero-order chi connectivity index (χ0) is 21.3. The van der Waals surface area contributed by atoms with Gasteiger partial charge in [-0.2, -0.15) is 0 Å². The van der Waals surface area contributed by atoms with Crippen molar-refractivity contribution in [3.8, 4) is 0 Å². The van der Waals surface area contributed by atoms with Gasteiger partial charge in [-0.05, 0) is 32.9 Å². The Morgan fingerprint density at radius 2 is 2.00 bits per heavy atom. The highest BCUT2D eigenvalue weighted by Gasteiger charge is 2.31. The standard InChI is InChI=1S/C22H24N6O2/c1-14-5-4-6-17(9-14)22(30)28-8-7-27-13-19(26-20(27)16(28)3)21(29)25-12-18-11-23-15(2)10-24-18/h4-6,9-11,13,16H,7-8,12H2,1-3H3,(H,25,29)/t16-/m0/s1. The van der Waals surface area contributed by atoms with Gasteiger partial charge in [0.1, 0.15) is 11.5 Å². The van der Waals surface area contributed by atoms with Crippen LogP contribution < -0.4 is 5.32 Å². The lowest BCUT2D eigenvalue weighted by Gasteiger charge is -2.33. The van der Waals surface area contributed by atoms with E-state index in [4.69, 9.17) is 0 Å². The molecule has 1 aromatic carbocycles. The molecule has 4 rings (SSSR count). The van der Waals surface area contributed by atoms with Crippen molar-refractivity contribution < 1.29 is 9.59 Å². The van der Waals surface area contributed by atoms with Crippen molar-refractivity contribution in [2.24, 2.45) is 0 Å². The zero-order valence-electron chi connectivity index (χ0n) is 17.3. The average Bonchev–Trinajstić information content (AvgIpc) is 3.18. The number of rotatable bonds is 4. The topological polar surface area (TPSA) is 93.0 Å². The Hall–Kier alpha value is -3.55. The van der Waals surface area contributed by atoms with Crippen LogP contribution in [0.2, 0.25) is 0 Å². The van der Waals surface area contributed by atoms with Crippen LogP contribution in [0.1, 0.15) is 56.6 Å². The second kappa shape index (κ2) is 8.06. The Bertz CT molecular complexity index is 1090. The minimum absolute atomic E-state index is 0.0237. The molecule has 8 nitrogen and oxygen atoms in total. The second-order valence-electron chi connectivity index (χ2n) is 7.55. The number of amides is 2. The number of aromatic nitrogens is 4. The first kappa shape index (κ1) is 19.8. The van der Waals surface area contributed by atoms with E-state index in [1.807, 2.05) is 49.6 Å². The molecule has 0 unspecified atom stereocenters. The number of fused-ring (bicyclic) bond motifs is 1. The number of benzene rings is 1. The minimum Gasteiger partial charge on any atom is -0.345 e. The first-order chi connectivity index (χ1) is 14.4. The smallest absolute Gasteiger partial charge is 0.271 e. The largest absolute Gasteiger partial charge is 0.345 e. The Morgan fingerprint density at radius 3 is 2.73 bits per heavy atom. The van der Waals surface area contributed by atoms with E-state index in [2.05, 4.69) is 20.3 Å². The molecule has 0 saturated heterocycles. The lowest BCUT2D eigenvalue weighted by atomic mass is 10.1. The van der Waals surface area contributed by atoms with E-state index in [1.54, 1.807) is 23.5 Å². The fourth-order valence-electron chi connectivity index (χ4n) is 3.59. The summed E-state index contributed by atoms with van der Waals surface area (Å²) in [5, 5.41) is 2.83. The molecule has 1 aliphatic heterocycles. The number of imidazole rings is 1. The summed E-state index contributed by atoms with van der Waals surface area (Å²) in [6.07, 6.45) is 5.06. The molecule has 30 heavy (non-hydrogen) atoms. The van der Waals surface area contributed by atoms with E-state index in [1.165, 1.54) is 0 Å². The van der Waals surface area contributed by atoms with Crippen molar-refractivity contribution in [3.05, 3.63) is 76.9 Å². The summed E-state index contributed by atoms with van der Waals surface area (Å²) in [6.45, 7) is 7.21. The molecule has 8 heteroatoms. The minimum atomic E-state index is -0.275. The summed E-state index contributed by atoms with van der Waals surface area (Å²) in [5.41, 5.74) is 3.55. The van der Waals surface area contributed by atoms with Crippen molar-refractivity contribution in [2.75, 3.05) is 6.54 Å². The van der Waals surface area contributed by atoms with Gasteiger partial charge in [-0.3, -0.25) is 19.6 Å². The maximum Gasteiger partial charge on any atom is 0.271 e. The van der Waals surface area contributed by atoms with Gasteiger partial charge in [0.05, 0.1) is 30.2 Å². The molecule has 1 atom stereocenters. The summed E-state index contributed by atoms with van der Waals surface area (Å²) >= 11 is 0. The maximum atomic E-state index is 13.0. The molecule has 3 aromatic rings. The first-order valence-electron chi connectivity index (χ1n) is 9.93. The number of hydrogen-bond donors (Lipinski definition) is 1. The number of carbonyl (C=O) groups is 2. The first-order valence-corrected chi connectivity index (χ1v) is 9.93. The Labute approximate surface area is 175 Å². The predicted octanol–water partition coefficient (Wildman–Crippen LogP) is 2.44. The van der Waals surface area contributed by atoms with Crippen molar-refractivity contribution in [1.29, 1.82) is 0 Å². The van der Waals surface area contributed by atoms with Gasteiger partial charge in [-0.1, -0.05) is 17.7 Å². The lowest BCUT2D eigenvalue weighted by Crippen LogP contribution is -2.41. The van der Waals surface area contributed by atoms with Crippen LogP contribution in [0, 0.1) is 13.8 Å². The zero-order valence-corrected chi connectivity index (χ0v) is 17.3. The second-order valence-corrected chi connectivity index (χ2v) is 7.55. The third-order valence-electron chi connectivity index (χ3n) is 5.25. The van der Waals surface area contributed by atoms with Crippen molar-refractivity contribution in [3.63, 3.8) is 0 Å². The summed E-state index contributed by atoms with van der Waals surface area (Å²) < 4.78 is 1.95. The molecule has 1 aliphatic rings. The fourth-order valence-corrected chi connectivity index (χ4v) is 3.59. The lowest BCUT2D eigenvalue weighted by molar-refractivity contribution is 0.0637.